The summed E-state index contributed by atoms with van der Waals surface area (Å²) in [7, 11) is -6.98. The average molecular weight is 206 g/mol. The first-order valence-corrected chi connectivity index (χ1v) is 5.41. The van der Waals surface area contributed by atoms with Gasteiger partial charge in [0.2, 0.25) is 0 Å². The van der Waals surface area contributed by atoms with Crippen molar-refractivity contribution in [3.63, 3.8) is 0 Å². The maximum atomic E-state index is 9.96. The molecule has 4 N–H and O–H groups in total. The van der Waals surface area contributed by atoms with E-state index in [1.54, 1.807) is 0 Å². The highest BCUT2D eigenvalue weighted by Crippen LogP contribution is 2.48. The SMILES string of the molecule is O=P(O)(O)C1CO1.O=[PH](O)O. The Hall–Kier alpha value is 0.260. The van der Waals surface area contributed by atoms with Crippen LogP contribution in [0.15, 0.2) is 0 Å². The molecule has 1 aliphatic rings. The van der Waals surface area contributed by atoms with Crippen LogP contribution in [0.3, 0.4) is 0 Å². The second kappa shape index (κ2) is 4.33. The Balaban J connectivity index is 0.000000218. The molecule has 1 aliphatic heterocycles. The molecule has 68 valence electrons. The van der Waals surface area contributed by atoms with Gasteiger partial charge in [-0.2, -0.15) is 0 Å². The highest BCUT2D eigenvalue weighted by molar-refractivity contribution is 7.52. The molecule has 0 radical (unpaired) electrons. The Morgan fingerprint density at radius 3 is 1.73 bits per heavy atom. The van der Waals surface area contributed by atoms with Crippen LogP contribution in [0.5, 0.6) is 0 Å². The Bertz CT molecular complexity index is 175. The van der Waals surface area contributed by atoms with E-state index in [9.17, 15) is 4.57 Å². The lowest BCUT2D eigenvalue weighted by molar-refractivity contribution is 0.338. The van der Waals surface area contributed by atoms with Crippen LogP contribution in [0, 0.1) is 0 Å². The molecule has 9 heteroatoms. The summed E-state index contributed by atoms with van der Waals surface area (Å²) >= 11 is 0. The van der Waals surface area contributed by atoms with Gasteiger partial charge in [-0.25, -0.2) is 0 Å². The lowest BCUT2D eigenvalue weighted by Crippen LogP contribution is -1.84. The van der Waals surface area contributed by atoms with E-state index < -0.39 is 21.7 Å². The van der Waals surface area contributed by atoms with Crippen LogP contribution in [0.4, 0.5) is 0 Å². The monoisotopic (exact) mass is 206 g/mol. The smallest absolute Gasteiger partial charge is 0.356 e. The summed E-state index contributed by atoms with van der Waals surface area (Å²) in [4.78, 5) is 30.6. The lowest BCUT2D eigenvalue weighted by Gasteiger charge is -1.92. The van der Waals surface area contributed by atoms with E-state index in [-0.39, 0.29) is 6.61 Å². The fraction of sp³-hybridized carbons (Fsp3) is 1.00. The minimum absolute atomic E-state index is 0.213. The van der Waals surface area contributed by atoms with Crippen molar-refractivity contribution in [2.45, 2.75) is 5.85 Å². The van der Waals surface area contributed by atoms with Gasteiger partial charge in [-0.05, 0) is 0 Å². The fourth-order valence-corrected chi connectivity index (χ4v) is 0.712. The number of hydrogen-bond acceptors (Lipinski definition) is 3. The van der Waals surface area contributed by atoms with Gasteiger partial charge in [0.25, 0.3) is 0 Å². The third kappa shape index (κ3) is 8.16. The average Bonchev–Trinajstić information content (AvgIpc) is 2.33. The molecule has 7 nitrogen and oxygen atoms in total. The molecule has 0 aliphatic carbocycles. The zero-order chi connectivity index (χ0) is 9.07. The number of ether oxygens (including phenoxy) is 1. The Labute approximate surface area is 62.7 Å². The summed E-state index contributed by atoms with van der Waals surface area (Å²) in [5.41, 5.74) is 0. The molecule has 1 heterocycles. The summed E-state index contributed by atoms with van der Waals surface area (Å²) < 4.78 is 23.0. The van der Waals surface area contributed by atoms with Crippen molar-refractivity contribution in [3.05, 3.63) is 0 Å². The van der Waals surface area contributed by atoms with E-state index in [1.807, 2.05) is 0 Å². The fourth-order valence-electron chi connectivity index (χ4n) is 0.237. The summed E-state index contributed by atoms with van der Waals surface area (Å²) in [6, 6.07) is 0. The van der Waals surface area contributed by atoms with Crippen LogP contribution in [0.25, 0.3) is 0 Å². The molecule has 1 atom stereocenters. The maximum Gasteiger partial charge on any atom is 0.356 e. The zero-order valence-electron chi connectivity index (χ0n) is 5.25. The normalized spacial score (nSPS) is 22.5. The molecule has 0 spiro atoms. The van der Waals surface area contributed by atoms with Gasteiger partial charge in [0.05, 0.1) is 6.61 Å². The lowest BCUT2D eigenvalue weighted by atomic mass is 11.0. The highest BCUT2D eigenvalue weighted by Gasteiger charge is 2.40. The molecule has 11 heavy (non-hydrogen) atoms. The van der Waals surface area contributed by atoms with Crippen LogP contribution in [-0.2, 0) is 13.9 Å². The predicted octanol–water partition coefficient (Wildman–Crippen LogP) is -1.12. The minimum atomic E-state index is -3.85. The first-order valence-electron chi connectivity index (χ1n) is 2.42. The van der Waals surface area contributed by atoms with Gasteiger partial charge in [0, 0.05) is 0 Å². The van der Waals surface area contributed by atoms with Crippen LogP contribution >= 0.6 is 15.9 Å². The molecule has 0 bridgehead atoms. The van der Waals surface area contributed by atoms with Crippen molar-refractivity contribution < 1.29 is 33.4 Å². The summed E-state index contributed by atoms with van der Waals surface area (Å²) in [6.07, 6.45) is 0. The maximum absolute atomic E-state index is 9.96. The van der Waals surface area contributed by atoms with Crippen LogP contribution < -0.4 is 0 Å². The van der Waals surface area contributed by atoms with Gasteiger partial charge < -0.3 is 24.3 Å². The highest BCUT2D eigenvalue weighted by atomic mass is 31.2. The standard InChI is InChI=1S/C2H5O4P.H3O3P/c3-7(4,5)2-1-6-2;1-4(2)3/h2H,1H2,(H2,3,4,5);4H,(H2,1,2,3). The third-order valence-electron chi connectivity index (χ3n) is 0.691. The molecule has 1 fully saturated rings. The summed E-state index contributed by atoms with van der Waals surface area (Å²) in [5.74, 6) is -0.785. The van der Waals surface area contributed by atoms with E-state index in [1.165, 1.54) is 0 Å². The van der Waals surface area contributed by atoms with E-state index >= 15 is 0 Å². The van der Waals surface area contributed by atoms with E-state index in [2.05, 4.69) is 4.74 Å². The van der Waals surface area contributed by atoms with Crippen molar-refractivity contribution in [3.8, 4) is 0 Å². The van der Waals surface area contributed by atoms with Crippen LogP contribution in [0.1, 0.15) is 0 Å². The number of hydrogen-bond donors (Lipinski definition) is 4. The molecular formula is C2H8O7P2. The summed E-state index contributed by atoms with van der Waals surface area (Å²) in [6.45, 7) is 0.213. The van der Waals surface area contributed by atoms with E-state index in [4.69, 9.17) is 24.1 Å². The van der Waals surface area contributed by atoms with Crippen molar-refractivity contribution in [2.24, 2.45) is 0 Å². The van der Waals surface area contributed by atoms with E-state index in [0.29, 0.717) is 0 Å². The van der Waals surface area contributed by atoms with Crippen molar-refractivity contribution >= 4 is 15.9 Å². The molecular weight excluding hydrogens is 198 g/mol. The second-order valence-electron chi connectivity index (χ2n) is 1.66. The predicted molar refractivity (Wildman–Crippen MR) is 35.2 cm³/mol. The van der Waals surface area contributed by atoms with Crippen LogP contribution in [-0.4, -0.2) is 32.0 Å². The van der Waals surface area contributed by atoms with Gasteiger partial charge in [0.1, 0.15) is 0 Å². The first-order chi connectivity index (χ1) is 4.84. The van der Waals surface area contributed by atoms with Crippen molar-refractivity contribution in [1.29, 1.82) is 0 Å². The Kier molecular flexibility index (Phi) is 4.43. The molecule has 0 saturated carbocycles. The van der Waals surface area contributed by atoms with Gasteiger partial charge >= 0.3 is 15.9 Å². The van der Waals surface area contributed by atoms with Gasteiger partial charge in [-0.15, -0.1) is 0 Å². The molecule has 1 saturated heterocycles. The third-order valence-corrected chi connectivity index (χ3v) is 1.74. The minimum Gasteiger partial charge on any atom is -0.360 e. The molecule has 1 unspecified atom stereocenters. The Morgan fingerprint density at radius 2 is 1.73 bits per heavy atom. The quantitative estimate of drug-likeness (QED) is 0.316. The number of epoxide rings is 1. The summed E-state index contributed by atoms with van der Waals surface area (Å²) in [5, 5.41) is 0. The zero-order valence-corrected chi connectivity index (χ0v) is 7.14. The number of rotatable bonds is 1. The molecule has 0 aromatic rings. The van der Waals surface area contributed by atoms with Gasteiger partial charge in [-0.1, -0.05) is 0 Å². The molecule has 0 amide bonds. The first kappa shape index (κ1) is 11.3. The van der Waals surface area contributed by atoms with Crippen LogP contribution in [0.2, 0.25) is 0 Å². The van der Waals surface area contributed by atoms with Gasteiger partial charge in [0.15, 0.2) is 5.85 Å². The molecule has 0 aromatic carbocycles. The molecule has 1 rings (SSSR count). The van der Waals surface area contributed by atoms with Gasteiger partial charge in [-0.3, -0.25) is 9.13 Å². The largest absolute Gasteiger partial charge is 0.360 e. The second-order valence-corrected chi connectivity index (χ2v) is 3.98. The molecule has 0 aromatic heterocycles. The topological polar surface area (TPSA) is 128 Å². The van der Waals surface area contributed by atoms with E-state index in [0.717, 1.165) is 0 Å². The van der Waals surface area contributed by atoms with Crippen molar-refractivity contribution in [1.82, 2.24) is 0 Å². The van der Waals surface area contributed by atoms with Crippen molar-refractivity contribution in [2.75, 3.05) is 6.61 Å². The Morgan fingerprint density at radius 1 is 1.45 bits per heavy atom.